The lowest BCUT2D eigenvalue weighted by Gasteiger charge is -2.29. The van der Waals surface area contributed by atoms with Gasteiger partial charge in [-0.15, -0.1) is 0 Å². The number of carbonyl (C=O) groups excluding carboxylic acids is 2. The van der Waals surface area contributed by atoms with Gasteiger partial charge in [-0.3, -0.25) is 0 Å². The summed E-state index contributed by atoms with van der Waals surface area (Å²) in [5.41, 5.74) is 1.41. The first-order valence-corrected chi connectivity index (χ1v) is 8.05. The molecule has 1 heterocycles. The zero-order valence-corrected chi connectivity index (χ0v) is 15.1. The van der Waals surface area contributed by atoms with Crippen LogP contribution < -0.4 is 20.1 Å². The van der Waals surface area contributed by atoms with Crippen LogP contribution in [-0.4, -0.2) is 32.8 Å². The molecule has 7 heteroatoms. The number of carbonyl (C=O) groups is 2. The van der Waals surface area contributed by atoms with Crippen LogP contribution in [0.15, 0.2) is 29.5 Å². The van der Waals surface area contributed by atoms with Crippen LogP contribution in [0.25, 0.3) is 0 Å². The molecule has 0 aliphatic carbocycles. The van der Waals surface area contributed by atoms with Gasteiger partial charge in [-0.2, -0.15) is 0 Å². The average molecular weight is 348 g/mol. The van der Waals surface area contributed by atoms with E-state index in [2.05, 4.69) is 10.6 Å². The van der Waals surface area contributed by atoms with E-state index < -0.39 is 18.0 Å². The van der Waals surface area contributed by atoms with Gasteiger partial charge in [0.25, 0.3) is 0 Å². The maximum Gasteiger partial charge on any atom is 0.338 e. The Morgan fingerprint density at radius 2 is 1.96 bits per heavy atom. The molecule has 1 aliphatic heterocycles. The summed E-state index contributed by atoms with van der Waals surface area (Å²) < 4.78 is 16.1. The summed E-state index contributed by atoms with van der Waals surface area (Å²) in [6.07, 6.45) is 0. The molecular formula is C18H24N2O5. The zero-order chi connectivity index (χ0) is 18.6. The van der Waals surface area contributed by atoms with Crippen LogP contribution in [-0.2, 0) is 9.53 Å². The first-order chi connectivity index (χ1) is 11.9. The third-order valence-corrected chi connectivity index (χ3v) is 3.78. The standard InChI is InChI=1S/C18H24N2O5/c1-10(2)9-25-17(21)14-11(3)19-18(22)20-15(14)12-7-6-8-13(23-4)16(12)24-5/h6-8,10,15H,9H2,1-5H3,(H2,19,20,22)/t15-/m0/s1. The van der Waals surface area contributed by atoms with Crippen LogP contribution in [0, 0.1) is 5.92 Å². The molecule has 25 heavy (non-hydrogen) atoms. The average Bonchev–Trinajstić information content (AvgIpc) is 2.58. The van der Waals surface area contributed by atoms with E-state index >= 15 is 0 Å². The van der Waals surface area contributed by atoms with Gasteiger partial charge in [-0.1, -0.05) is 26.0 Å². The number of ether oxygens (including phenoxy) is 3. The topological polar surface area (TPSA) is 85.9 Å². The predicted molar refractivity (Wildman–Crippen MR) is 92.5 cm³/mol. The molecule has 7 nitrogen and oxygen atoms in total. The lowest BCUT2D eigenvalue weighted by molar-refractivity contribution is -0.140. The number of hydrogen-bond donors (Lipinski definition) is 2. The molecule has 0 fully saturated rings. The van der Waals surface area contributed by atoms with Crippen molar-refractivity contribution in [3.63, 3.8) is 0 Å². The van der Waals surface area contributed by atoms with Crippen molar-refractivity contribution in [1.82, 2.24) is 10.6 Å². The molecule has 0 saturated carbocycles. The first kappa shape index (κ1) is 18.6. The Labute approximate surface area is 147 Å². The van der Waals surface area contributed by atoms with E-state index in [4.69, 9.17) is 14.2 Å². The minimum atomic E-state index is -0.696. The van der Waals surface area contributed by atoms with Crippen LogP contribution in [0.5, 0.6) is 11.5 Å². The van der Waals surface area contributed by atoms with Crippen LogP contribution in [0.4, 0.5) is 4.79 Å². The van der Waals surface area contributed by atoms with Crippen molar-refractivity contribution >= 4 is 12.0 Å². The van der Waals surface area contributed by atoms with Gasteiger partial charge in [-0.05, 0) is 18.9 Å². The normalized spacial score (nSPS) is 17.0. The van der Waals surface area contributed by atoms with E-state index in [1.54, 1.807) is 25.1 Å². The number of rotatable bonds is 6. The SMILES string of the molecule is COc1cccc([C@@H]2NC(=O)NC(C)=C2C(=O)OCC(C)C)c1OC. The van der Waals surface area contributed by atoms with Crippen molar-refractivity contribution in [1.29, 1.82) is 0 Å². The van der Waals surface area contributed by atoms with Crippen molar-refractivity contribution < 1.29 is 23.8 Å². The van der Waals surface area contributed by atoms with Gasteiger partial charge in [0.2, 0.25) is 0 Å². The molecule has 1 aromatic rings. The third-order valence-electron chi connectivity index (χ3n) is 3.78. The first-order valence-electron chi connectivity index (χ1n) is 8.05. The van der Waals surface area contributed by atoms with Gasteiger partial charge < -0.3 is 24.8 Å². The Morgan fingerprint density at radius 1 is 1.24 bits per heavy atom. The molecule has 0 unspecified atom stereocenters. The largest absolute Gasteiger partial charge is 0.493 e. The number of para-hydroxylation sites is 1. The fourth-order valence-corrected chi connectivity index (χ4v) is 2.66. The molecule has 0 spiro atoms. The second-order valence-electron chi connectivity index (χ2n) is 6.15. The van der Waals surface area contributed by atoms with E-state index in [9.17, 15) is 9.59 Å². The number of methoxy groups -OCH3 is 2. The lowest BCUT2D eigenvalue weighted by Crippen LogP contribution is -2.45. The van der Waals surface area contributed by atoms with Crippen molar-refractivity contribution in [2.45, 2.75) is 26.8 Å². The Bertz CT molecular complexity index is 697. The van der Waals surface area contributed by atoms with Crippen molar-refractivity contribution in [3.8, 4) is 11.5 Å². The molecule has 2 rings (SSSR count). The fourth-order valence-electron chi connectivity index (χ4n) is 2.66. The van der Waals surface area contributed by atoms with Crippen LogP contribution in [0.3, 0.4) is 0 Å². The smallest absolute Gasteiger partial charge is 0.338 e. The highest BCUT2D eigenvalue weighted by Gasteiger charge is 2.34. The number of hydrogen-bond acceptors (Lipinski definition) is 5. The maximum atomic E-state index is 12.6. The summed E-state index contributed by atoms with van der Waals surface area (Å²) in [5, 5.41) is 5.38. The van der Waals surface area contributed by atoms with E-state index in [-0.39, 0.29) is 5.92 Å². The fraction of sp³-hybridized carbons (Fsp3) is 0.444. The molecule has 0 bridgehead atoms. The number of amides is 2. The number of esters is 1. The Balaban J connectivity index is 2.48. The monoisotopic (exact) mass is 348 g/mol. The number of nitrogens with one attached hydrogen (secondary N) is 2. The molecular weight excluding hydrogens is 324 g/mol. The van der Waals surface area contributed by atoms with Gasteiger partial charge in [0.1, 0.15) is 0 Å². The summed E-state index contributed by atoms with van der Waals surface area (Å²) in [5.74, 6) is 0.703. The Morgan fingerprint density at radius 3 is 2.56 bits per heavy atom. The minimum absolute atomic E-state index is 0.209. The highest BCUT2D eigenvalue weighted by Crippen LogP contribution is 2.39. The zero-order valence-electron chi connectivity index (χ0n) is 15.1. The summed E-state index contributed by atoms with van der Waals surface area (Å²) in [6.45, 7) is 5.88. The summed E-state index contributed by atoms with van der Waals surface area (Å²) >= 11 is 0. The van der Waals surface area contributed by atoms with Crippen LogP contribution >= 0.6 is 0 Å². The highest BCUT2D eigenvalue weighted by atomic mass is 16.5. The third kappa shape index (κ3) is 4.04. The number of benzene rings is 1. The van der Waals surface area contributed by atoms with Gasteiger partial charge >= 0.3 is 12.0 Å². The molecule has 2 N–H and O–H groups in total. The molecule has 1 aliphatic rings. The van der Waals surface area contributed by atoms with E-state index in [0.29, 0.717) is 34.9 Å². The Hall–Kier alpha value is -2.70. The second kappa shape index (κ2) is 7.92. The van der Waals surface area contributed by atoms with Crippen molar-refractivity contribution in [3.05, 3.63) is 35.0 Å². The van der Waals surface area contributed by atoms with Gasteiger partial charge in [0.05, 0.1) is 32.4 Å². The highest BCUT2D eigenvalue weighted by molar-refractivity contribution is 5.95. The molecule has 2 amide bonds. The van der Waals surface area contributed by atoms with Crippen LogP contribution in [0.2, 0.25) is 0 Å². The van der Waals surface area contributed by atoms with Gasteiger partial charge in [0.15, 0.2) is 11.5 Å². The predicted octanol–water partition coefficient (Wildman–Crippen LogP) is 2.53. The quantitative estimate of drug-likeness (QED) is 0.772. The molecule has 0 aromatic heterocycles. The van der Waals surface area contributed by atoms with E-state index in [0.717, 1.165) is 0 Å². The molecule has 1 atom stereocenters. The minimum Gasteiger partial charge on any atom is -0.493 e. The summed E-state index contributed by atoms with van der Waals surface area (Å²) in [7, 11) is 3.04. The molecule has 1 aromatic carbocycles. The number of allylic oxidation sites excluding steroid dienone is 1. The van der Waals surface area contributed by atoms with Gasteiger partial charge in [0, 0.05) is 11.3 Å². The lowest BCUT2D eigenvalue weighted by atomic mass is 9.94. The summed E-state index contributed by atoms with van der Waals surface area (Å²) in [4.78, 5) is 24.6. The van der Waals surface area contributed by atoms with Crippen LogP contribution in [0.1, 0.15) is 32.4 Å². The van der Waals surface area contributed by atoms with Crippen molar-refractivity contribution in [2.24, 2.45) is 5.92 Å². The molecule has 0 saturated heterocycles. The summed E-state index contributed by atoms with van der Waals surface area (Å²) in [6, 6.07) is 4.21. The van der Waals surface area contributed by atoms with E-state index in [1.165, 1.54) is 14.2 Å². The molecule has 0 radical (unpaired) electrons. The van der Waals surface area contributed by atoms with Gasteiger partial charge in [-0.25, -0.2) is 9.59 Å². The van der Waals surface area contributed by atoms with E-state index in [1.807, 2.05) is 13.8 Å². The second-order valence-corrected chi connectivity index (χ2v) is 6.15. The maximum absolute atomic E-state index is 12.6. The molecule has 136 valence electrons. The Kier molecular flexibility index (Phi) is 5.90. The number of urea groups is 1. The van der Waals surface area contributed by atoms with Crippen molar-refractivity contribution in [2.75, 3.05) is 20.8 Å².